The maximum absolute atomic E-state index is 8.03. The van der Waals surface area contributed by atoms with Gasteiger partial charge in [0.15, 0.2) is 0 Å². The molecule has 0 unspecified atom stereocenters. The van der Waals surface area contributed by atoms with Crippen LogP contribution in [0.15, 0.2) is 0 Å². The molecule has 7 heteroatoms. The molecule has 0 atom stereocenters. The number of hydrogen-bond acceptors (Lipinski definition) is 5. The van der Waals surface area contributed by atoms with Crippen molar-refractivity contribution < 1.29 is 9.47 Å². The number of rotatable bonds is 2. The molecule has 7 nitrogen and oxygen atoms in total. The predicted octanol–water partition coefficient (Wildman–Crippen LogP) is 0.152. The van der Waals surface area contributed by atoms with Crippen LogP contribution in [0.1, 0.15) is 27.7 Å². The Bertz CT molecular complexity index is 327. The average molecular weight is 285 g/mol. The Labute approximate surface area is 121 Å². The molecule has 2 rings (SSSR count). The van der Waals surface area contributed by atoms with E-state index in [1.807, 2.05) is 10.0 Å². The highest BCUT2D eigenvalue weighted by Crippen LogP contribution is 2.15. The topological polar surface area (TPSA) is 72.9 Å². The van der Waals surface area contributed by atoms with Gasteiger partial charge in [0.05, 0.1) is 24.4 Å². The first kappa shape index (κ1) is 15.5. The number of guanidine groups is 1. The summed E-state index contributed by atoms with van der Waals surface area (Å²) >= 11 is 0. The van der Waals surface area contributed by atoms with Crippen molar-refractivity contribution in [2.75, 3.05) is 39.4 Å². The molecule has 0 spiro atoms. The lowest BCUT2D eigenvalue weighted by atomic mass is 10.1. The molecule has 0 amide bonds. The maximum Gasteiger partial charge on any atom is 0.218 e. The molecule has 0 aromatic heterocycles. The van der Waals surface area contributed by atoms with E-state index in [0.717, 1.165) is 26.2 Å². The Morgan fingerprint density at radius 3 is 1.65 bits per heavy atom. The van der Waals surface area contributed by atoms with Gasteiger partial charge in [0.2, 0.25) is 5.96 Å². The first-order valence-electron chi connectivity index (χ1n) is 7.15. The van der Waals surface area contributed by atoms with Crippen molar-refractivity contribution in [3.8, 4) is 0 Å². The van der Waals surface area contributed by atoms with E-state index in [9.17, 15) is 0 Å². The molecule has 116 valence electrons. The van der Waals surface area contributed by atoms with Gasteiger partial charge < -0.3 is 9.47 Å². The summed E-state index contributed by atoms with van der Waals surface area (Å²) in [6.45, 7) is 12.7. The van der Waals surface area contributed by atoms with Crippen molar-refractivity contribution in [1.29, 1.82) is 5.41 Å². The molecule has 0 radical (unpaired) electrons. The molecule has 2 saturated heterocycles. The van der Waals surface area contributed by atoms with Gasteiger partial charge in [-0.15, -0.1) is 0 Å². The van der Waals surface area contributed by atoms with Crippen molar-refractivity contribution in [3.05, 3.63) is 0 Å². The second kappa shape index (κ2) is 5.85. The molecule has 2 heterocycles. The van der Waals surface area contributed by atoms with E-state index in [1.54, 1.807) is 0 Å². The standard InChI is InChI=1S/C13H27N5O2/c1-12(2)9-17(5-7-19-12)15-11(14)16-18-6-8-20-13(3,4)10-18/h5-10H2,1-4H3,(H3,14,15,16). The second-order valence-corrected chi connectivity index (χ2v) is 6.66. The summed E-state index contributed by atoms with van der Waals surface area (Å²) in [6, 6.07) is 0. The van der Waals surface area contributed by atoms with Gasteiger partial charge in [-0.05, 0) is 27.7 Å². The SMILES string of the molecule is CC1(C)CN(NC(=N)NN2CCOC(C)(C)C2)CCO1. The van der Waals surface area contributed by atoms with Gasteiger partial charge >= 0.3 is 0 Å². The van der Waals surface area contributed by atoms with Crippen molar-refractivity contribution in [2.24, 2.45) is 0 Å². The monoisotopic (exact) mass is 285 g/mol. The fourth-order valence-corrected chi connectivity index (χ4v) is 2.57. The van der Waals surface area contributed by atoms with Gasteiger partial charge in [0.25, 0.3) is 0 Å². The molecule has 20 heavy (non-hydrogen) atoms. The zero-order chi connectivity index (χ0) is 14.8. The number of nitrogens with one attached hydrogen (secondary N) is 3. The molecule has 3 N–H and O–H groups in total. The molecule has 2 aliphatic heterocycles. The Balaban J connectivity index is 1.78. The highest BCUT2D eigenvalue weighted by Gasteiger charge is 2.29. The molecule has 0 saturated carbocycles. The van der Waals surface area contributed by atoms with Crippen LogP contribution in [0.25, 0.3) is 0 Å². The first-order chi connectivity index (χ1) is 9.26. The molecular formula is C13H27N5O2. The van der Waals surface area contributed by atoms with Crippen molar-refractivity contribution >= 4 is 5.96 Å². The fraction of sp³-hybridized carbons (Fsp3) is 0.923. The lowest BCUT2D eigenvalue weighted by Gasteiger charge is -2.41. The quantitative estimate of drug-likeness (QED) is 0.495. The molecule has 2 fully saturated rings. The normalized spacial score (nSPS) is 27.0. The Morgan fingerprint density at radius 2 is 1.30 bits per heavy atom. The zero-order valence-corrected chi connectivity index (χ0v) is 13.0. The number of nitrogens with zero attached hydrogens (tertiary/aromatic N) is 2. The van der Waals surface area contributed by atoms with E-state index in [2.05, 4.69) is 38.5 Å². The largest absolute Gasteiger partial charge is 0.373 e. The van der Waals surface area contributed by atoms with Crippen molar-refractivity contribution in [1.82, 2.24) is 20.9 Å². The van der Waals surface area contributed by atoms with Gasteiger partial charge in [-0.3, -0.25) is 16.3 Å². The Kier molecular flexibility index (Phi) is 4.53. The van der Waals surface area contributed by atoms with Crippen molar-refractivity contribution in [2.45, 2.75) is 38.9 Å². The summed E-state index contributed by atoms with van der Waals surface area (Å²) in [7, 11) is 0. The predicted molar refractivity (Wildman–Crippen MR) is 77.2 cm³/mol. The van der Waals surface area contributed by atoms with Gasteiger partial charge in [0.1, 0.15) is 0 Å². The number of hydrazine groups is 2. The third-order valence-electron chi connectivity index (χ3n) is 3.39. The molecule has 0 aromatic carbocycles. The second-order valence-electron chi connectivity index (χ2n) is 6.66. The summed E-state index contributed by atoms with van der Waals surface area (Å²) in [4.78, 5) is 0. The molecule has 0 aliphatic carbocycles. The van der Waals surface area contributed by atoms with E-state index in [4.69, 9.17) is 14.9 Å². The van der Waals surface area contributed by atoms with Gasteiger partial charge in [-0.2, -0.15) is 0 Å². The van der Waals surface area contributed by atoms with E-state index < -0.39 is 0 Å². The zero-order valence-electron chi connectivity index (χ0n) is 13.0. The summed E-state index contributed by atoms with van der Waals surface area (Å²) in [5, 5.41) is 12.1. The third-order valence-corrected chi connectivity index (χ3v) is 3.39. The smallest absolute Gasteiger partial charge is 0.218 e. The van der Waals surface area contributed by atoms with E-state index in [1.165, 1.54) is 0 Å². The van der Waals surface area contributed by atoms with Crippen LogP contribution in [0.4, 0.5) is 0 Å². The summed E-state index contributed by atoms with van der Waals surface area (Å²) in [5.41, 5.74) is 5.84. The van der Waals surface area contributed by atoms with E-state index in [-0.39, 0.29) is 11.2 Å². The van der Waals surface area contributed by atoms with Crippen molar-refractivity contribution in [3.63, 3.8) is 0 Å². The molecule has 0 bridgehead atoms. The lowest BCUT2D eigenvalue weighted by molar-refractivity contribution is -0.0998. The molecular weight excluding hydrogens is 258 g/mol. The minimum Gasteiger partial charge on any atom is -0.373 e. The van der Waals surface area contributed by atoms with Crippen LogP contribution >= 0.6 is 0 Å². The lowest BCUT2D eigenvalue weighted by Crippen LogP contribution is -2.61. The van der Waals surface area contributed by atoms with Crippen LogP contribution in [0.2, 0.25) is 0 Å². The van der Waals surface area contributed by atoms with Crippen LogP contribution in [0.5, 0.6) is 0 Å². The Morgan fingerprint density at radius 1 is 0.900 bits per heavy atom. The fourth-order valence-electron chi connectivity index (χ4n) is 2.57. The van der Waals surface area contributed by atoms with Crippen LogP contribution < -0.4 is 10.9 Å². The number of hydrogen-bond donors (Lipinski definition) is 3. The molecule has 2 aliphatic rings. The van der Waals surface area contributed by atoms with Crippen LogP contribution in [0, 0.1) is 5.41 Å². The van der Waals surface area contributed by atoms with Gasteiger partial charge in [0, 0.05) is 26.2 Å². The maximum atomic E-state index is 8.03. The minimum absolute atomic E-state index is 0.174. The van der Waals surface area contributed by atoms with Gasteiger partial charge in [-0.1, -0.05) is 0 Å². The van der Waals surface area contributed by atoms with E-state index in [0.29, 0.717) is 19.2 Å². The molecule has 0 aromatic rings. The number of ether oxygens (including phenoxy) is 2. The van der Waals surface area contributed by atoms with Crippen LogP contribution in [-0.2, 0) is 9.47 Å². The minimum atomic E-state index is -0.174. The summed E-state index contributed by atoms with van der Waals surface area (Å²) in [6.07, 6.45) is 0. The first-order valence-corrected chi connectivity index (χ1v) is 7.15. The third kappa shape index (κ3) is 4.59. The van der Waals surface area contributed by atoms with E-state index >= 15 is 0 Å². The highest BCUT2D eigenvalue weighted by molar-refractivity contribution is 5.75. The van der Waals surface area contributed by atoms with Gasteiger partial charge in [-0.25, -0.2) is 10.0 Å². The number of morpholine rings is 2. The Hall–Kier alpha value is -0.890. The van der Waals surface area contributed by atoms with Crippen LogP contribution in [0.3, 0.4) is 0 Å². The summed E-state index contributed by atoms with van der Waals surface area (Å²) in [5.74, 6) is 0.292. The highest BCUT2D eigenvalue weighted by atomic mass is 16.5. The average Bonchev–Trinajstić information content (AvgIpc) is 2.25. The van der Waals surface area contributed by atoms with Crippen LogP contribution in [-0.4, -0.2) is 66.6 Å². The summed E-state index contributed by atoms with van der Waals surface area (Å²) < 4.78 is 11.3.